The largest absolute Gasteiger partial charge is 0.271 e. The van der Waals surface area contributed by atoms with Gasteiger partial charge in [0.25, 0.3) is 0 Å². The fourth-order valence-corrected chi connectivity index (χ4v) is 4.16. The molecule has 0 saturated carbocycles. The lowest BCUT2D eigenvalue weighted by atomic mass is 9.88. The van der Waals surface area contributed by atoms with Crippen molar-refractivity contribution in [2.24, 2.45) is 11.8 Å². The lowest BCUT2D eigenvalue weighted by molar-refractivity contribution is 0.373. The first kappa shape index (κ1) is 14.9. The van der Waals surface area contributed by atoms with Crippen molar-refractivity contribution in [3.63, 3.8) is 0 Å². The summed E-state index contributed by atoms with van der Waals surface area (Å²) in [5.74, 6) is 9.27. The van der Waals surface area contributed by atoms with E-state index in [0.29, 0.717) is 6.04 Å². The van der Waals surface area contributed by atoms with Crippen LogP contribution < -0.4 is 11.3 Å². The number of nitrogens with two attached hydrogens (primary N) is 1. The molecule has 1 saturated heterocycles. The molecular formula is C16H26N2S. The van der Waals surface area contributed by atoms with Crippen molar-refractivity contribution in [1.82, 2.24) is 5.43 Å². The quantitative estimate of drug-likeness (QED) is 0.652. The summed E-state index contributed by atoms with van der Waals surface area (Å²) in [7, 11) is 0. The highest BCUT2D eigenvalue weighted by atomic mass is 32.2. The van der Waals surface area contributed by atoms with Gasteiger partial charge in [-0.3, -0.25) is 11.3 Å². The van der Waals surface area contributed by atoms with E-state index >= 15 is 0 Å². The summed E-state index contributed by atoms with van der Waals surface area (Å²) in [6, 6.07) is 4.89. The fourth-order valence-electron chi connectivity index (χ4n) is 2.96. The van der Waals surface area contributed by atoms with Crippen molar-refractivity contribution >= 4 is 11.8 Å². The van der Waals surface area contributed by atoms with E-state index in [9.17, 15) is 0 Å². The highest BCUT2D eigenvalue weighted by Crippen LogP contribution is 2.32. The van der Waals surface area contributed by atoms with Crippen molar-refractivity contribution in [1.29, 1.82) is 0 Å². The number of nitrogens with one attached hydrogen (secondary N) is 1. The SMILES string of the molecule is Cc1cc(C)c(C(CC2CCSCC2)NN)cc1C. The first-order valence-corrected chi connectivity index (χ1v) is 8.39. The normalized spacial score (nSPS) is 18.5. The van der Waals surface area contributed by atoms with Crippen LogP contribution in [0.15, 0.2) is 12.1 Å². The maximum atomic E-state index is 5.82. The third-order valence-electron chi connectivity index (χ3n) is 4.37. The second-order valence-corrected chi connectivity index (χ2v) is 7.03. The van der Waals surface area contributed by atoms with Crippen molar-refractivity contribution in [2.45, 2.75) is 46.1 Å². The first-order chi connectivity index (χ1) is 9.11. The van der Waals surface area contributed by atoms with E-state index in [-0.39, 0.29) is 0 Å². The summed E-state index contributed by atoms with van der Waals surface area (Å²) >= 11 is 2.09. The second kappa shape index (κ2) is 6.78. The maximum absolute atomic E-state index is 5.82. The van der Waals surface area contributed by atoms with Gasteiger partial charge in [-0.05, 0) is 79.7 Å². The van der Waals surface area contributed by atoms with Gasteiger partial charge >= 0.3 is 0 Å². The predicted octanol–water partition coefficient (Wildman–Crippen LogP) is 3.65. The van der Waals surface area contributed by atoms with Gasteiger partial charge in [0.05, 0.1) is 0 Å². The van der Waals surface area contributed by atoms with Crippen LogP contribution in [0.25, 0.3) is 0 Å². The molecule has 1 unspecified atom stereocenters. The van der Waals surface area contributed by atoms with E-state index in [0.717, 1.165) is 5.92 Å². The van der Waals surface area contributed by atoms with Crippen LogP contribution in [0, 0.1) is 26.7 Å². The highest BCUT2D eigenvalue weighted by Gasteiger charge is 2.21. The standard InChI is InChI=1S/C16H26N2S/c1-11-8-13(3)15(9-12(11)2)16(18-17)10-14-4-6-19-7-5-14/h8-9,14,16,18H,4-7,10,17H2,1-3H3. The van der Waals surface area contributed by atoms with E-state index in [4.69, 9.17) is 5.84 Å². The molecule has 0 spiro atoms. The number of hydrazine groups is 1. The molecule has 0 radical (unpaired) electrons. The van der Waals surface area contributed by atoms with Crippen molar-refractivity contribution < 1.29 is 0 Å². The Labute approximate surface area is 121 Å². The molecule has 1 fully saturated rings. The van der Waals surface area contributed by atoms with Crippen LogP contribution in [0.1, 0.15) is 47.6 Å². The number of hydrogen-bond donors (Lipinski definition) is 2. The van der Waals surface area contributed by atoms with Crippen LogP contribution in [0.5, 0.6) is 0 Å². The van der Waals surface area contributed by atoms with Crippen molar-refractivity contribution in [3.8, 4) is 0 Å². The van der Waals surface area contributed by atoms with Gasteiger partial charge in [0.1, 0.15) is 0 Å². The van der Waals surface area contributed by atoms with Crippen LogP contribution in [-0.2, 0) is 0 Å². The van der Waals surface area contributed by atoms with Crippen LogP contribution in [-0.4, -0.2) is 11.5 Å². The summed E-state index contributed by atoms with van der Waals surface area (Å²) in [6.07, 6.45) is 3.85. The third kappa shape index (κ3) is 3.74. The highest BCUT2D eigenvalue weighted by molar-refractivity contribution is 7.99. The summed E-state index contributed by atoms with van der Waals surface area (Å²) in [6.45, 7) is 6.56. The molecule has 0 aliphatic carbocycles. The zero-order valence-electron chi connectivity index (χ0n) is 12.3. The maximum Gasteiger partial charge on any atom is 0.0465 e. The van der Waals surface area contributed by atoms with Crippen LogP contribution in [0.4, 0.5) is 0 Å². The van der Waals surface area contributed by atoms with Crippen LogP contribution in [0.3, 0.4) is 0 Å². The summed E-state index contributed by atoms with van der Waals surface area (Å²) in [4.78, 5) is 0. The van der Waals surface area contributed by atoms with Crippen LogP contribution >= 0.6 is 11.8 Å². The van der Waals surface area contributed by atoms with Gasteiger partial charge < -0.3 is 0 Å². The van der Waals surface area contributed by atoms with Crippen LogP contribution in [0.2, 0.25) is 0 Å². The minimum atomic E-state index is 0.299. The molecule has 1 heterocycles. The van der Waals surface area contributed by atoms with Gasteiger partial charge in [-0.1, -0.05) is 12.1 Å². The monoisotopic (exact) mass is 278 g/mol. The number of thioether (sulfide) groups is 1. The zero-order chi connectivity index (χ0) is 13.8. The molecule has 0 aromatic heterocycles. The second-order valence-electron chi connectivity index (χ2n) is 5.80. The Balaban J connectivity index is 2.14. The molecule has 106 valence electrons. The molecule has 3 heteroatoms. The molecule has 2 nitrogen and oxygen atoms in total. The Hall–Kier alpha value is -0.510. The summed E-state index contributed by atoms with van der Waals surface area (Å²) in [5, 5.41) is 0. The predicted molar refractivity (Wildman–Crippen MR) is 85.4 cm³/mol. The van der Waals surface area contributed by atoms with Gasteiger partial charge in [-0.15, -0.1) is 0 Å². The molecule has 1 atom stereocenters. The topological polar surface area (TPSA) is 38.0 Å². The molecule has 0 amide bonds. The van der Waals surface area contributed by atoms with E-state index in [1.54, 1.807) is 0 Å². The first-order valence-electron chi connectivity index (χ1n) is 7.23. The number of benzene rings is 1. The summed E-state index contributed by atoms with van der Waals surface area (Å²) < 4.78 is 0. The summed E-state index contributed by atoms with van der Waals surface area (Å²) in [5.41, 5.74) is 8.51. The Kier molecular flexibility index (Phi) is 5.31. The van der Waals surface area contributed by atoms with E-state index < -0.39 is 0 Å². The molecule has 3 N–H and O–H groups in total. The molecule has 0 bridgehead atoms. The van der Waals surface area contributed by atoms with Crippen molar-refractivity contribution in [3.05, 3.63) is 34.4 Å². The Bertz CT molecular complexity index is 425. The molecule has 1 aromatic carbocycles. The van der Waals surface area contributed by atoms with E-state index in [1.807, 2.05) is 0 Å². The number of aryl methyl sites for hydroxylation is 3. The minimum Gasteiger partial charge on any atom is -0.271 e. The molecule has 2 rings (SSSR count). The average molecular weight is 278 g/mol. The lowest BCUT2D eigenvalue weighted by Gasteiger charge is -2.27. The number of hydrogen-bond acceptors (Lipinski definition) is 3. The van der Waals surface area contributed by atoms with E-state index in [2.05, 4.69) is 50.1 Å². The van der Waals surface area contributed by atoms with Gasteiger partial charge in [0.2, 0.25) is 0 Å². The molecule has 1 aliphatic heterocycles. The number of rotatable bonds is 4. The van der Waals surface area contributed by atoms with Gasteiger partial charge in [-0.2, -0.15) is 11.8 Å². The minimum absolute atomic E-state index is 0.299. The molecule has 1 aliphatic rings. The third-order valence-corrected chi connectivity index (χ3v) is 5.42. The zero-order valence-corrected chi connectivity index (χ0v) is 13.1. The molecule has 19 heavy (non-hydrogen) atoms. The lowest BCUT2D eigenvalue weighted by Crippen LogP contribution is -2.31. The smallest absolute Gasteiger partial charge is 0.0465 e. The van der Waals surface area contributed by atoms with Gasteiger partial charge in [0, 0.05) is 6.04 Å². The average Bonchev–Trinajstić information content (AvgIpc) is 2.42. The Morgan fingerprint density at radius 1 is 1.16 bits per heavy atom. The molecular weight excluding hydrogens is 252 g/mol. The Morgan fingerprint density at radius 2 is 1.79 bits per heavy atom. The van der Waals surface area contributed by atoms with Gasteiger partial charge in [0.15, 0.2) is 0 Å². The Morgan fingerprint density at radius 3 is 2.42 bits per heavy atom. The molecule has 1 aromatic rings. The van der Waals surface area contributed by atoms with Crippen molar-refractivity contribution in [2.75, 3.05) is 11.5 Å². The fraction of sp³-hybridized carbons (Fsp3) is 0.625. The van der Waals surface area contributed by atoms with E-state index in [1.165, 1.54) is 53.0 Å². The van der Waals surface area contributed by atoms with Gasteiger partial charge in [-0.25, -0.2) is 0 Å².